The molecule has 1 saturated carbocycles. The Bertz CT molecular complexity index is 998. The van der Waals surface area contributed by atoms with Crippen LogP contribution in [0.5, 0.6) is 11.5 Å². The number of fused-ring (bicyclic) bond motifs is 1. The Hall–Kier alpha value is -2.80. The Balaban J connectivity index is 1.48. The van der Waals surface area contributed by atoms with Crippen molar-refractivity contribution < 1.29 is 18.7 Å². The smallest absolute Gasteiger partial charge is 0.319 e. The zero-order valence-electron chi connectivity index (χ0n) is 19.2. The second kappa shape index (κ2) is 8.98. The van der Waals surface area contributed by atoms with E-state index in [1.54, 1.807) is 27.2 Å². The van der Waals surface area contributed by atoms with E-state index in [2.05, 4.69) is 34.7 Å². The fraction of sp³-hybridized carbons (Fsp3) is 0.480. The first kappa shape index (κ1) is 22.4. The number of aryl methyl sites for hydroxylation is 1. The standard InChI is InChI=1S/C25H32FN3O3/c1-16-13-18(26)6-7-20(16)28-24(30)27-19-9-10-25(11-12-29(2)23(25)15-19)17-5-8-21(31-3)22(14-17)32-4/h5-8,13-14,19,23H,9-12,15H2,1-4H3,(H2,27,28,30)/t19-,23+,25-/m0/s1. The lowest BCUT2D eigenvalue weighted by molar-refractivity contribution is 0.156. The highest BCUT2D eigenvalue weighted by molar-refractivity contribution is 5.90. The van der Waals surface area contributed by atoms with Crippen molar-refractivity contribution in [2.24, 2.45) is 0 Å². The van der Waals surface area contributed by atoms with Gasteiger partial charge in [0.15, 0.2) is 11.5 Å². The van der Waals surface area contributed by atoms with E-state index in [1.165, 1.54) is 17.7 Å². The molecule has 32 heavy (non-hydrogen) atoms. The molecule has 2 N–H and O–H groups in total. The largest absolute Gasteiger partial charge is 0.493 e. The second-order valence-electron chi connectivity index (χ2n) is 9.00. The van der Waals surface area contributed by atoms with Gasteiger partial charge in [-0.2, -0.15) is 0 Å². The summed E-state index contributed by atoms with van der Waals surface area (Å²) in [6.45, 7) is 2.80. The van der Waals surface area contributed by atoms with Gasteiger partial charge in [0.1, 0.15) is 5.82 Å². The number of halogens is 1. The lowest BCUT2D eigenvalue weighted by Crippen LogP contribution is -2.52. The van der Waals surface area contributed by atoms with Gasteiger partial charge in [0.05, 0.1) is 14.2 Å². The van der Waals surface area contributed by atoms with Gasteiger partial charge in [0.2, 0.25) is 0 Å². The number of carbonyl (C=O) groups excluding carboxylic acids is 1. The van der Waals surface area contributed by atoms with Crippen LogP contribution in [0.15, 0.2) is 36.4 Å². The number of nitrogens with zero attached hydrogens (tertiary/aromatic N) is 1. The van der Waals surface area contributed by atoms with Crippen LogP contribution in [-0.4, -0.2) is 50.8 Å². The predicted octanol–water partition coefficient (Wildman–Crippen LogP) is 4.47. The lowest BCUT2D eigenvalue weighted by Gasteiger charge is -2.45. The van der Waals surface area contributed by atoms with Gasteiger partial charge in [-0.1, -0.05) is 6.07 Å². The summed E-state index contributed by atoms with van der Waals surface area (Å²) in [6.07, 6.45) is 3.84. The first-order valence-corrected chi connectivity index (χ1v) is 11.1. The predicted molar refractivity (Wildman–Crippen MR) is 123 cm³/mol. The lowest BCUT2D eigenvalue weighted by atomic mass is 9.65. The normalized spacial score (nSPS) is 25.2. The van der Waals surface area contributed by atoms with Crippen molar-refractivity contribution >= 4 is 11.7 Å². The molecule has 1 saturated heterocycles. The summed E-state index contributed by atoms with van der Waals surface area (Å²) in [7, 11) is 5.48. The molecule has 0 unspecified atom stereocenters. The molecule has 0 aromatic heterocycles. The number of hydrogen-bond acceptors (Lipinski definition) is 4. The number of urea groups is 1. The van der Waals surface area contributed by atoms with Gasteiger partial charge in [0, 0.05) is 23.2 Å². The molecule has 0 bridgehead atoms. The SMILES string of the molecule is COc1ccc([C@@]23CC[C@H](NC(=O)Nc4ccc(F)cc4C)C[C@H]2N(C)CC3)cc1OC. The van der Waals surface area contributed by atoms with Crippen LogP contribution >= 0.6 is 0 Å². The third-order valence-electron chi connectivity index (χ3n) is 7.26. The van der Waals surface area contributed by atoms with Gasteiger partial charge in [-0.25, -0.2) is 9.18 Å². The van der Waals surface area contributed by atoms with Crippen molar-refractivity contribution in [3.63, 3.8) is 0 Å². The van der Waals surface area contributed by atoms with Gasteiger partial charge in [-0.3, -0.25) is 0 Å². The number of nitrogens with one attached hydrogen (secondary N) is 2. The maximum Gasteiger partial charge on any atom is 0.319 e. The number of benzene rings is 2. The number of ether oxygens (including phenoxy) is 2. The number of methoxy groups -OCH3 is 2. The number of hydrogen-bond donors (Lipinski definition) is 2. The van der Waals surface area contributed by atoms with Crippen molar-refractivity contribution in [1.29, 1.82) is 0 Å². The Morgan fingerprint density at radius 1 is 1.12 bits per heavy atom. The second-order valence-corrected chi connectivity index (χ2v) is 9.00. The van der Waals surface area contributed by atoms with E-state index in [4.69, 9.17) is 9.47 Å². The first-order chi connectivity index (χ1) is 15.4. The monoisotopic (exact) mass is 441 g/mol. The molecule has 6 nitrogen and oxygen atoms in total. The summed E-state index contributed by atoms with van der Waals surface area (Å²) in [5, 5.41) is 6.00. The van der Waals surface area contributed by atoms with Gasteiger partial charge in [-0.15, -0.1) is 0 Å². The van der Waals surface area contributed by atoms with Crippen molar-refractivity contribution in [1.82, 2.24) is 10.2 Å². The zero-order valence-corrected chi connectivity index (χ0v) is 19.2. The minimum atomic E-state index is -0.309. The van der Waals surface area contributed by atoms with E-state index >= 15 is 0 Å². The summed E-state index contributed by atoms with van der Waals surface area (Å²) in [4.78, 5) is 15.0. The van der Waals surface area contributed by atoms with E-state index < -0.39 is 0 Å². The average Bonchev–Trinajstić information content (AvgIpc) is 3.12. The molecule has 2 aliphatic rings. The number of anilines is 1. The maximum atomic E-state index is 13.3. The highest BCUT2D eigenvalue weighted by Crippen LogP contribution is 2.49. The topological polar surface area (TPSA) is 62.8 Å². The molecule has 1 aliphatic carbocycles. The van der Waals surface area contributed by atoms with Crippen LogP contribution in [0.3, 0.4) is 0 Å². The summed E-state index contributed by atoms with van der Waals surface area (Å²) < 4.78 is 24.3. The van der Waals surface area contributed by atoms with Crippen LogP contribution in [0, 0.1) is 12.7 Å². The van der Waals surface area contributed by atoms with Crippen LogP contribution < -0.4 is 20.1 Å². The number of carbonyl (C=O) groups is 1. The highest BCUT2D eigenvalue weighted by Gasteiger charge is 2.50. The summed E-state index contributed by atoms with van der Waals surface area (Å²) >= 11 is 0. The highest BCUT2D eigenvalue weighted by atomic mass is 19.1. The van der Waals surface area contributed by atoms with E-state index in [0.29, 0.717) is 17.3 Å². The van der Waals surface area contributed by atoms with Crippen LogP contribution in [0.4, 0.5) is 14.9 Å². The molecular weight excluding hydrogens is 409 g/mol. The van der Waals surface area contributed by atoms with Crippen LogP contribution in [0.25, 0.3) is 0 Å². The molecule has 7 heteroatoms. The van der Waals surface area contributed by atoms with Gasteiger partial charge >= 0.3 is 6.03 Å². The fourth-order valence-electron chi connectivity index (χ4n) is 5.51. The van der Waals surface area contributed by atoms with Crippen LogP contribution in [0.2, 0.25) is 0 Å². The zero-order chi connectivity index (χ0) is 22.9. The Kier molecular flexibility index (Phi) is 6.29. The van der Waals surface area contributed by atoms with Gasteiger partial charge < -0.3 is 25.0 Å². The molecule has 2 aromatic carbocycles. The molecule has 1 heterocycles. The fourth-order valence-corrected chi connectivity index (χ4v) is 5.51. The minimum Gasteiger partial charge on any atom is -0.493 e. The molecule has 2 aromatic rings. The minimum absolute atomic E-state index is 0.0382. The molecule has 0 spiro atoms. The summed E-state index contributed by atoms with van der Waals surface area (Å²) in [5.74, 6) is 1.18. The first-order valence-electron chi connectivity index (χ1n) is 11.1. The number of likely N-dealkylation sites (tertiary alicyclic amines) is 1. The van der Waals surface area contributed by atoms with Crippen molar-refractivity contribution in [3.05, 3.63) is 53.3 Å². The van der Waals surface area contributed by atoms with E-state index in [1.807, 2.05) is 6.07 Å². The molecule has 2 fully saturated rings. The molecule has 0 radical (unpaired) electrons. The molecule has 172 valence electrons. The van der Waals surface area contributed by atoms with Gasteiger partial charge in [0.25, 0.3) is 0 Å². The van der Waals surface area contributed by atoms with Crippen molar-refractivity contribution in [2.75, 3.05) is 33.1 Å². The van der Waals surface area contributed by atoms with Gasteiger partial charge in [-0.05, 0) is 87.7 Å². The third-order valence-corrected chi connectivity index (χ3v) is 7.26. The molecule has 3 atom stereocenters. The molecule has 1 aliphatic heterocycles. The Morgan fingerprint density at radius 3 is 2.62 bits per heavy atom. The van der Waals surface area contributed by atoms with Crippen molar-refractivity contribution in [2.45, 2.75) is 50.1 Å². The average molecular weight is 442 g/mol. The quantitative estimate of drug-likeness (QED) is 0.719. The summed E-state index contributed by atoms with van der Waals surface area (Å²) in [6, 6.07) is 10.8. The molecule has 4 rings (SSSR count). The molecular formula is C25H32FN3O3. The molecule has 2 amide bonds. The Labute approximate surface area is 189 Å². The number of rotatable bonds is 5. The third kappa shape index (κ3) is 4.13. The van der Waals surface area contributed by atoms with Crippen LogP contribution in [0.1, 0.15) is 36.8 Å². The van der Waals surface area contributed by atoms with E-state index in [0.717, 1.165) is 43.7 Å². The van der Waals surface area contributed by atoms with Crippen molar-refractivity contribution in [3.8, 4) is 11.5 Å². The summed E-state index contributed by atoms with van der Waals surface area (Å²) in [5.41, 5.74) is 2.63. The Morgan fingerprint density at radius 2 is 1.91 bits per heavy atom. The van der Waals surface area contributed by atoms with Crippen LogP contribution in [-0.2, 0) is 5.41 Å². The number of likely N-dealkylation sites (N-methyl/N-ethyl adjacent to an activating group) is 1. The van der Waals surface area contributed by atoms with E-state index in [9.17, 15) is 9.18 Å². The van der Waals surface area contributed by atoms with E-state index in [-0.39, 0.29) is 23.3 Å². The number of amides is 2. The maximum absolute atomic E-state index is 13.3.